The highest BCUT2D eigenvalue weighted by Crippen LogP contribution is 2.42. The molecule has 194 valence electrons. The molecule has 1 heterocycles. The van der Waals surface area contributed by atoms with Crippen molar-refractivity contribution in [1.29, 1.82) is 0 Å². The number of amides is 2. The standard InChI is InChI=1S/C26H31F2N3O4S/c1-6-23(32)30-19-14-25(2,3)31(26(4,5)15-19)36(34,35)20-10-8-18(9-11-20)24(33)29-16-17-7-12-21(27)22(28)13-17/h6-13,19H,1,14-16H2,2-5H3,(H,29,33)(H,30,32). The van der Waals surface area contributed by atoms with Crippen molar-refractivity contribution in [2.24, 2.45) is 0 Å². The van der Waals surface area contributed by atoms with Crippen molar-refractivity contribution in [3.63, 3.8) is 0 Å². The van der Waals surface area contributed by atoms with Crippen LogP contribution in [0.15, 0.2) is 60.0 Å². The highest BCUT2D eigenvalue weighted by molar-refractivity contribution is 7.89. The maximum Gasteiger partial charge on any atom is 0.251 e. The summed E-state index contributed by atoms with van der Waals surface area (Å²) in [5, 5.41) is 5.48. The predicted molar refractivity (Wildman–Crippen MR) is 133 cm³/mol. The fourth-order valence-electron chi connectivity index (χ4n) is 5.09. The number of carbonyl (C=O) groups excluding carboxylic acids is 2. The largest absolute Gasteiger partial charge is 0.350 e. The fourth-order valence-corrected chi connectivity index (χ4v) is 7.24. The summed E-state index contributed by atoms with van der Waals surface area (Å²) in [5.74, 6) is -2.77. The first-order valence-corrected chi connectivity index (χ1v) is 12.9. The Morgan fingerprint density at radius 2 is 1.61 bits per heavy atom. The molecule has 1 aliphatic rings. The molecule has 0 saturated carbocycles. The van der Waals surface area contributed by atoms with E-state index in [0.717, 1.165) is 12.1 Å². The van der Waals surface area contributed by atoms with E-state index in [4.69, 9.17) is 0 Å². The molecule has 0 aromatic heterocycles. The van der Waals surface area contributed by atoms with Gasteiger partial charge in [-0.3, -0.25) is 9.59 Å². The van der Waals surface area contributed by atoms with Gasteiger partial charge >= 0.3 is 0 Å². The Morgan fingerprint density at radius 3 is 2.14 bits per heavy atom. The molecular formula is C26H31F2N3O4S. The summed E-state index contributed by atoms with van der Waals surface area (Å²) >= 11 is 0. The van der Waals surface area contributed by atoms with Crippen LogP contribution in [0.25, 0.3) is 0 Å². The number of sulfonamides is 1. The molecule has 2 aromatic rings. The molecule has 0 unspecified atom stereocenters. The van der Waals surface area contributed by atoms with E-state index in [0.29, 0.717) is 18.4 Å². The second-order valence-electron chi connectivity index (χ2n) is 10.2. The average Bonchev–Trinajstić information content (AvgIpc) is 2.77. The van der Waals surface area contributed by atoms with Gasteiger partial charge < -0.3 is 10.6 Å². The minimum Gasteiger partial charge on any atom is -0.350 e. The first kappa shape index (κ1) is 27.5. The summed E-state index contributed by atoms with van der Waals surface area (Å²) in [6.45, 7) is 10.7. The van der Waals surface area contributed by atoms with Gasteiger partial charge in [0.2, 0.25) is 15.9 Å². The summed E-state index contributed by atoms with van der Waals surface area (Å²) in [6.07, 6.45) is 2.03. The first-order chi connectivity index (χ1) is 16.7. The molecule has 2 amide bonds. The van der Waals surface area contributed by atoms with Crippen molar-refractivity contribution in [2.75, 3.05) is 0 Å². The van der Waals surface area contributed by atoms with Crippen molar-refractivity contribution < 1.29 is 26.8 Å². The maximum absolute atomic E-state index is 13.7. The maximum atomic E-state index is 13.7. The lowest BCUT2D eigenvalue weighted by atomic mass is 9.79. The van der Waals surface area contributed by atoms with Crippen LogP contribution in [0.4, 0.5) is 8.78 Å². The third-order valence-corrected chi connectivity index (χ3v) is 8.55. The molecule has 0 atom stereocenters. The highest BCUT2D eigenvalue weighted by atomic mass is 32.2. The van der Waals surface area contributed by atoms with Gasteiger partial charge in [-0.2, -0.15) is 4.31 Å². The van der Waals surface area contributed by atoms with Crippen LogP contribution < -0.4 is 10.6 Å². The van der Waals surface area contributed by atoms with E-state index in [9.17, 15) is 26.8 Å². The van der Waals surface area contributed by atoms with Crippen LogP contribution in [-0.4, -0.2) is 41.7 Å². The molecule has 36 heavy (non-hydrogen) atoms. The zero-order valence-corrected chi connectivity index (χ0v) is 21.6. The Kier molecular flexibility index (Phi) is 7.71. The zero-order valence-electron chi connectivity index (χ0n) is 20.8. The Morgan fingerprint density at radius 1 is 1.03 bits per heavy atom. The number of halogens is 2. The van der Waals surface area contributed by atoms with Crippen molar-refractivity contribution in [2.45, 2.75) is 69.1 Å². The van der Waals surface area contributed by atoms with E-state index in [1.54, 1.807) is 0 Å². The minimum absolute atomic E-state index is 0.0181. The Bertz CT molecular complexity index is 1260. The smallest absolute Gasteiger partial charge is 0.251 e. The molecule has 0 aliphatic carbocycles. The highest BCUT2D eigenvalue weighted by Gasteiger charge is 2.51. The number of hydrogen-bond donors (Lipinski definition) is 2. The minimum atomic E-state index is -3.95. The van der Waals surface area contributed by atoms with E-state index in [-0.39, 0.29) is 29.0 Å². The Hall–Kier alpha value is -3.11. The Balaban J connectivity index is 1.77. The third kappa shape index (κ3) is 5.82. The van der Waals surface area contributed by atoms with E-state index < -0.39 is 38.6 Å². The lowest BCUT2D eigenvalue weighted by molar-refractivity contribution is -0.118. The zero-order chi connectivity index (χ0) is 26.9. The molecule has 2 aromatic carbocycles. The fraction of sp³-hybridized carbons (Fsp3) is 0.385. The second kappa shape index (κ2) is 10.1. The quantitative estimate of drug-likeness (QED) is 0.543. The van der Waals surface area contributed by atoms with Gasteiger partial charge in [0.15, 0.2) is 11.6 Å². The second-order valence-corrected chi connectivity index (χ2v) is 12.0. The van der Waals surface area contributed by atoms with Gasteiger partial charge in [-0.25, -0.2) is 17.2 Å². The average molecular weight is 520 g/mol. The van der Waals surface area contributed by atoms with Gasteiger partial charge in [-0.05, 0) is 88.6 Å². The molecular weight excluding hydrogens is 488 g/mol. The van der Waals surface area contributed by atoms with Crippen LogP contribution >= 0.6 is 0 Å². The summed E-state index contributed by atoms with van der Waals surface area (Å²) in [6, 6.07) is 8.70. The molecule has 1 aliphatic heterocycles. The lowest BCUT2D eigenvalue weighted by Crippen LogP contribution is -2.65. The molecule has 2 N–H and O–H groups in total. The first-order valence-electron chi connectivity index (χ1n) is 11.5. The molecule has 3 rings (SSSR count). The van der Waals surface area contributed by atoms with Gasteiger partial charge in [0.25, 0.3) is 5.91 Å². The summed E-state index contributed by atoms with van der Waals surface area (Å²) in [4.78, 5) is 24.4. The molecule has 0 spiro atoms. The number of nitrogens with one attached hydrogen (secondary N) is 2. The number of rotatable bonds is 7. The molecule has 7 nitrogen and oxygen atoms in total. The summed E-state index contributed by atoms with van der Waals surface area (Å²) in [5.41, 5.74) is -1.00. The van der Waals surface area contributed by atoms with E-state index >= 15 is 0 Å². The molecule has 0 bridgehead atoms. The number of piperidine rings is 1. The van der Waals surface area contributed by atoms with Gasteiger partial charge in [-0.15, -0.1) is 0 Å². The van der Waals surface area contributed by atoms with Crippen LogP contribution in [0.1, 0.15) is 56.5 Å². The van der Waals surface area contributed by atoms with Crippen molar-refractivity contribution in [3.8, 4) is 0 Å². The number of nitrogens with zero attached hydrogens (tertiary/aromatic N) is 1. The number of benzene rings is 2. The van der Waals surface area contributed by atoms with Gasteiger partial charge in [-0.1, -0.05) is 12.6 Å². The summed E-state index contributed by atoms with van der Waals surface area (Å²) < 4.78 is 55.3. The lowest BCUT2D eigenvalue weighted by Gasteiger charge is -2.53. The monoisotopic (exact) mass is 519 g/mol. The third-order valence-electron chi connectivity index (χ3n) is 6.22. The van der Waals surface area contributed by atoms with Crippen LogP contribution in [0.3, 0.4) is 0 Å². The molecule has 1 fully saturated rings. The Labute approximate surface area is 210 Å². The molecule has 0 radical (unpaired) electrons. The normalized spacial score (nSPS) is 17.8. The molecule has 1 saturated heterocycles. The SMILES string of the molecule is C=CC(=O)NC1CC(C)(C)N(S(=O)(=O)c2ccc(C(=O)NCc3ccc(F)c(F)c3)cc2)C(C)(C)C1. The molecule has 10 heteroatoms. The van der Waals surface area contributed by atoms with E-state index in [2.05, 4.69) is 17.2 Å². The van der Waals surface area contributed by atoms with E-state index in [1.807, 2.05) is 27.7 Å². The summed E-state index contributed by atoms with van der Waals surface area (Å²) in [7, 11) is -3.95. The topological polar surface area (TPSA) is 95.6 Å². The van der Waals surface area contributed by atoms with Gasteiger partial charge in [0, 0.05) is 29.2 Å². The van der Waals surface area contributed by atoms with E-state index in [1.165, 1.54) is 40.7 Å². The van der Waals surface area contributed by atoms with Crippen LogP contribution in [-0.2, 0) is 21.4 Å². The van der Waals surface area contributed by atoms with Crippen LogP contribution in [0.5, 0.6) is 0 Å². The van der Waals surface area contributed by atoms with Crippen molar-refractivity contribution >= 4 is 21.8 Å². The van der Waals surface area contributed by atoms with Crippen LogP contribution in [0.2, 0.25) is 0 Å². The van der Waals surface area contributed by atoms with Crippen molar-refractivity contribution in [3.05, 3.63) is 77.9 Å². The van der Waals surface area contributed by atoms with Gasteiger partial charge in [0.1, 0.15) is 0 Å². The van der Waals surface area contributed by atoms with Crippen LogP contribution in [0, 0.1) is 11.6 Å². The number of hydrogen-bond acceptors (Lipinski definition) is 4. The number of carbonyl (C=O) groups is 2. The van der Waals surface area contributed by atoms with Crippen molar-refractivity contribution in [1.82, 2.24) is 14.9 Å². The predicted octanol–water partition coefficient (Wildman–Crippen LogP) is 3.91. The van der Waals surface area contributed by atoms with Gasteiger partial charge in [0.05, 0.1) is 4.90 Å².